The van der Waals surface area contributed by atoms with E-state index in [1.165, 1.54) is 20.3 Å². The minimum Gasteiger partial charge on any atom is -0.497 e. The number of ether oxygens (including phenoxy) is 3. The molecule has 1 N–H and O–H groups in total. The lowest BCUT2D eigenvalue weighted by Crippen LogP contribution is -2.31. The van der Waals surface area contributed by atoms with Gasteiger partial charge in [0.15, 0.2) is 6.61 Å². The Balaban J connectivity index is 1.92. The number of rotatable bonds is 7. The first-order chi connectivity index (χ1) is 12.0. The van der Waals surface area contributed by atoms with E-state index in [0.29, 0.717) is 11.5 Å². The van der Waals surface area contributed by atoms with Gasteiger partial charge in [-0.3, -0.25) is 4.79 Å². The molecule has 0 fully saturated rings. The van der Waals surface area contributed by atoms with E-state index < -0.39 is 5.97 Å². The van der Waals surface area contributed by atoms with Crippen LogP contribution in [0.15, 0.2) is 48.5 Å². The molecule has 0 aromatic heterocycles. The summed E-state index contributed by atoms with van der Waals surface area (Å²) >= 11 is 0. The molecule has 2 aromatic rings. The van der Waals surface area contributed by atoms with Crippen molar-refractivity contribution in [3.63, 3.8) is 0 Å². The summed E-state index contributed by atoms with van der Waals surface area (Å²) in [6.07, 6.45) is 0. The first kappa shape index (κ1) is 18.3. The summed E-state index contributed by atoms with van der Waals surface area (Å²) in [5, 5.41) is 2.78. The molecule has 0 aliphatic rings. The summed E-state index contributed by atoms with van der Waals surface area (Å²) in [5.41, 5.74) is 1.20. The second-order valence-electron chi connectivity index (χ2n) is 5.34. The van der Waals surface area contributed by atoms with Crippen LogP contribution >= 0.6 is 0 Å². The minimum absolute atomic E-state index is 0.178. The molecule has 2 rings (SSSR count). The van der Waals surface area contributed by atoms with E-state index >= 15 is 0 Å². The van der Waals surface area contributed by atoms with Crippen molar-refractivity contribution in [3.05, 3.63) is 59.7 Å². The molecule has 0 aliphatic carbocycles. The van der Waals surface area contributed by atoms with Gasteiger partial charge in [0.05, 0.1) is 20.3 Å². The summed E-state index contributed by atoms with van der Waals surface area (Å²) < 4.78 is 15.3. The quantitative estimate of drug-likeness (QED) is 0.783. The Kier molecular flexibility index (Phi) is 6.39. The lowest BCUT2D eigenvalue weighted by atomic mass is 10.1. The predicted molar refractivity (Wildman–Crippen MR) is 92.8 cm³/mol. The maximum absolute atomic E-state index is 12.2. The van der Waals surface area contributed by atoms with Crippen LogP contribution < -0.4 is 14.8 Å². The van der Waals surface area contributed by atoms with Gasteiger partial charge in [-0.25, -0.2) is 4.79 Å². The molecule has 2 aromatic carbocycles. The van der Waals surface area contributed by atoms with Crippen molar-refractivity contribution in [1.82, 2.24) is 5.32 Å². The largest absolute Gasteiger partial charge is 0.497 e. The first-order valence-corrected chi connectivity index (χ1v) is 7.78. The van der Waals surface area contributed by atoms with Crippen molar-refractivity contribution >= 4 is 11.9 Å². The summed E-state index contributed by atoms with van der Waals surface area (Å²) in [7, 11) is 2.96. The first-order valence-electron chi connectivity index (χ1n) is 7.78. The Labute approximate surface area is 146 Å². The van der Waals surface area contributed by atoms with Crippen molar-refractivity contribution < 1.29 is 23.8 Å². The number of methoxy groups -OCH3 is 2. The lowest BCUT2D eigenvalue weighted by Gasteiger charge is -2.14. The zero-order valence-corrected chi connectivity index (χ0v) is 14.4. The highest BCUT2D eigenvalue weighted by atomic mass is 16.5. The molecule has 0 heterocycles. The van der Waals surface area contributed by atoms with Crippen molar-refractivity contribution in [2.24, 2.45) is 0 Å². The number of nitrogens with one attached hydrogen (secondary N) is 1. The number of carbonyl (C=O) groups is 2. The van der Waals surface area contributed by atoms with Gasteiger partial charge in [0.2, 0.25) is 0 Å². The van der Waals surface area contributed by atoms with Gasteiger partial charge in [-0.05, 0) is 24.6 Å². The topological polar surface area (TPSA) is 73.9 Å². The predicted octanol–water partition coefficient (Wildman–Crippen LogP) is 2.74. The smallest absolute Gasteiger partial charge is 0.342 e. The molecule has 0 aliphatic heterocycles. The van der Waals surface area contributed by atoms with Crippen molar-refractivity contribution in [2.45, 2.75) is 13.0 Å². The Morgan fingerprint density at radius 1 is 1.04 bits per heavy atom. The average molecular weight is 343 g/mol. The SMILES string of the molecule is COc1ccc(C(=O)OCC(=O)N[C@@H](C)c2ccccc2)c(OC)c1. The number of benzene rings is 2. The van der Waals surface area contributed by atoms with Gasteiger partial charge in [0.25, 0.3) is 5.91 Å². The van der Waals surface area contributed by atoms with E-state index in [0.717, 1.165) is 5.56 Å². The lowest BCUT2D eigenvalue weighted by molar-refractivity contribution is -0.124. The normalized spacial score (nSPS) is 11.3. The highest BCUT2D eigenvalue weighted by Crippen LogP contribution is 2.25. The molecular weight excluding hydrogens is 322 g/mol. The molecule has 0 saturated heterocycles. The maximum atomic E-state index is 12.2. The molecule has 25 heavy (non-hydrogen) atoms. The van der Waals surface area contributed by atoms with Gasteiger partial charge >= 0.3 is 5.97 Å². The second-order valence-corrected chi connectivity index (χ2v) is 5.34. The molecule has 0 spiro atoms. The van der Waals surface area contributed by atoms with Crippen LogP contribution in [0.4, 0.5) is 0 Å². The number of carbonyl (C=O) groups excluding carboxylic acids is 2. The summed E-state index contributed by atoms with van der Waals surface area (Å²) in [5.74, 6) is -0.135. The molecule has 0 radical (unpaired) electrons. The van der Waals surface area contributed by atoms with Crippen LogP contribution in [0.2, 0.25) is 0 Å². The molecule has 6 nitrogen and oxygen atoms in total. The number of hydrogen-bond donors (Lipinski definition) is 1. The zero-order valence-electron chi connectivity index (χ0n) is 14.4. The van der Waals surface area contributed by atoms with Crippen LogP contribution in [0.5, 0.6) is 11.5 Å². The van der Waals surface area contributed by atoms with Gasteiger partial charge in [-0.15, -0.1) is 0 Å². The fraction of sp³-hybridized carbons (Fsp3) is 0.263. The van der Waals surface area contributed by atoms with Gasteiger partial charge in [0.1, 0.15) is 17.1 Å². The molecule has 1 amide bonds. The van der Waals surface area contributed by atoms with E-state index in [-0.39, 0.29) is 24.1 Å². The number of amides is 1. The molecule has 0 bridgehead atoms. The molecular formula is C19H21NO5. The van der Waals surface area contributed by atoms with E-state index in [2.05, 4.69) is 5.32 Å². The Morgan fingerprint density at radius 2 is 1.76 bits per heavy atom. The standard InChI is InChI=1S/C19H21NO5/c1-13(14-7-5-4-6-8-14)20-18(21)12-25-19(22)16-10-9-15(23-2)11-17(16)24-3/h4-11,13H,12H2,1-3H3,(H,20,21)/t13-/m0/s1. The highest BCUT2D eigenvalue weighted by molar-refractivity contribution is 5.94. The van der Waals surface area contributed by atoms with Crippen molar-refractivity contribution in [2.75, 3.05) is 20.8 Å². The third-order valence-corrected chi connectivity index (χ3v) is 3.64. The minimum atomic E-state index is -0.637. The van der Waals surface area contributed by atoms with Crippen LogP contribution in [-0.4, -0.2) is 32.7 Å². The van der Waals surface area contributed by atoms with Crippen molar-refractivity contribution in [1.29, 1.82) is 0 Å². The van der Waals surface area contributed by atoms with Gasteiger partial charge < -0.3 is 19.5 Å². The fourth-order valence-electron chi connectivity index (χ4n) is 2.28. The summed E-state index contributed by atoms with van der Waals surface area (Å²) in [6, 6.07) is 14.1. The fourth-order valence-corrected chi connectivity index (χ4v) is 2.28. The van der Waals surface area contributed by atoms with Crippen LogP contribution in [0.3, 0.4) is 0 Å². The van der Waals surface area contributed by atoms with Crippen molar-refractivity contribution in [3.8, 4) is 11.5 Å². The van der Waals surface area contributed by atoms with Gasteiger partial charge in [-0.1, -0.05) is 30.3 Å². The monoisotopic (exact) mass is 343 g/mol. The Hall–Kier alpha value is -3.02. The third-order valence-electron chi connectivity index (χ3n) is 3.64. The van der Waals surface area contributed by atoms with Crippen LogP contribution in [-0.2, 0) is 9.53 Å². The average Bonchev–Trinajstić information content (AvgIpc) is 2.66. The summed E-state index contributed by atoms with van der Waals surface area (Å²) in [4.78, 5) is 24.1. The zero-order chi connectivity index (χ0) is 18.2. The molecule has 1 atom stereocenters. The highest BCUT2D eigenvalue weighted by Gasteiger charge is 2.17. The van der Waals surface area contributed by atoms with Crippen LogP contribution in [0.1, 0.15) is 28.9 Å². The second kappa shape index (κ2) is 8.73. The Bertz CT molecular complexity index is 730. The molecule has 0 saturated carbocycles. The molecule has 0 unspecified atom stereocenters. The Morgan fingerprint density at radius 3 is 2.40 bits per heavy atom. The molecule has 6 heteroatoms. The van der Waals surface area contributed by atoms with Crippen LogP contribution in [0.25, 0.3) is 0 Å². The number of esters is 1. The van der Waals surface area contributed by atoms with E-state index in [4.69, 9.17) is 14.2 Å². The van der Waals surface area contributed by atoms with Gasteiger partial charge in [-0.2, -0.15) is 0 Å². The van der Waals surface area contributed by atoms with Crippen LogP contribution in [0, 0.1) is 0 Å². The van der Waals surface area contributed by atoms with E-state index in [1.54, 1.807) is 12.1 Å². The summed E-state index contributed by atoms with van der Waals surface area (Å²) in [6.45, 7) is 1.49. The number of hydrogen-bond acceptors (Lipinski definition) is 5. The van der Waals surface area contributed by atoms with E-state index in [1.807, 2.05) is 37.3 Å². The molecule has 132 valence electrons. The van der Waals surface area contributed by atoms with E-state index in [9.17, 15) is 9.59 Å². The third kappa shape index (κ3) is 4.97. The van der Waals surface area contributed by atoms with Gasteiger partial charge in [0, 0.05) is 6.07 Å². The maximum Gasteiger partial charge on any atom is 0.342 e.